The summed E-state index contributed by atoms with van der Waals surface area (Å²) in [4.78, 5) is 11.0. The van der Waals surface area contributed by atoms with Gasteiger partial charge in [0.25, 0.3) is 10.2 Å². The second-order valence-electron chi connectivity index (χ2n) is 5.62. The van der Waals surface area contributed by atoms with Gasteiger partial charge in [-0.05, 0) is 31.6 Å². The summed E-state index contributed by atoms with van der Waals surface area (Å²) in [6.07, 6.45) is 2.96. The zero-order valence-electron chi connectivity index (χ0n) is 11.3. The summed E-state index contributed by atoms with van der Waals surface area (Å²) in [5.74, 6) is -0.890. The Morgan fingerprint density at radius 3 is 2.32 bits per heavy atom. The van der Waals surface area contributed by atoms with Gasteiger partial charge >= 0.3 is 5.97 Å². The summed E-state index contributed by atoms with van der Waals surface area (Å²) in [6, 6.07) is 0. The molecule has 2 aliphatic rings. The van der Waals surface area contributed by atoms with E-state index in [1.807, 2.05) is 0 Å². The molecule has 1 atom stereocenters. The molecule has 1 N–H and O–H groups in total. The standard InChI is InChI=1S/C12H22N2O4S/c1-10-4-7-13(8-5-10)19(17,18)14-6-2-3-11(9-14)12(15)16/h10-11H,2-9H2,1H3,(H,15,16)/t11-/m1/s1. The maximum Gasteiger partial charge on any atom is 0.307 e. The molecule has 110 valence electrons. The van der Waals surface area contributed by atoms with Crippen molar-refractivity contribution in [3.63, 3.8) is 0 Å². The number of carboxylic acids is 1. The number of hydrogen-bond acceptors (Lipinski definition) is 3. The number of carboxylic acid groups (broad SMARTS) is 1. The van der Waals surface area contributed by atoms with Crippen molar-refractivity contribution in [1.82, 2.24) is 8.61 Å². The van der Waals surface area contributed by atoms with Crippen LogP contribution in [0.2, 0.25) is 0 Å². The maximum atomic E-state index is 12.5. The van der Waals surface area contributed by atoms with E-state index in [0.29, 0.717) is 38.4 Å². The Hall–Kier alpha value is -0.660. The first-order valence-electron chi connectivity index (χ1n) is 6.89. The van der Waals surface area contributed by atoms with Crippen molar-refractivity contribution in [2.24, 2.45) is 11.8 Å². The van der Waals surface area contributed by atoms with Crippen LogP contribution in [0.5, 0.6) is 0 Å². The first-order chi connectivity index (χ1) is 8.91. The third kappa shape index (κ3) is 3.27. The fraction of sp³-hybridized carbons (Fsp3) is 0.917. The first-order valence-corrected chi connectivity index (χ1v) is 8.29. The summed E-state index contributed by atoms with van der Waals surface area (Å²) in [7, 11) is -3.47. The molecule has 0 spiro atoms. The summed E-state index contributed by atoms with van der Waals surface area (Å²) >= 11 is 0. The van der Waals surface area contributed by atoms with Crippen LogP contribution in [0.3, 0.4) is 0 Å². The molecule has 2 fully saturated rings. The fourth-order valence-corrected chi connectivity index (χ4v) is 4.46. The molecule has 0 aliphatic carbocycles. The molecule has 7 heteroatoms. The van der Waals surface area contributed by atoms with Crippen LogP contribution in [-0.4, -0.2) is 54.3 Å². The van der Waals surface area contributed by atoms with Gasteiger partial charge < -0.3 is 5.11 Å². The molecule has 2 rings (SSSR count). The SMILES string of the molecule is CC1CCN(S(=O)(=O)N2CCC[C@@H](C(=O)O)C2)CC1. The van der Waals surface area contributed by atoms with E-state index in [-0.39, 0.29) is 6.54 Å². The van der Waals surface area contributed by atoms with Gasteiger partial charge in [-0.2, -0.15) is 17.0 Å². The van der Waals surface area contributed by atoms with Gasteiger partial charge in [-0.25, -0.2) is 0 Å². The Morgan fingerprint density at radius 2 is 1.74 bits per heavy atom. The molecular formula is C12H22N2O4S. The average Bonchev–Trinajstić information content (AvgIpc) is 2.39. The predicted octanol–water partition coefficient (Wildman–Crippen LogP) is 0.760. The van der Waals surface area contributed by atoms with Crippen molar-refractivity contribution in [2.45, 2.75) is 32.6 Å². The molecule has 0 radical (unpaired) electrons. The Kier molecular flexibility index (Phi) is 4.47. The number of piperidine rings is 2. The minimum absolute atomic E-state index is 0.115. The number of nitrogens with zero attached hydrogens (tertiary/aromatic N) is 2. The lowest BCUT2D eigenvalue weighted by atomic mass is 10.0. The molecule has 2 aliphatic heterocycles. The second kappa shape index (κ2) is 5.76. The van der Waals surface area contributed by atoms with E-state index in [9.17, 15) is 13.2 Å². The van der Waals surface area contributed by atoms with Gasteiger partial charge in [0.1, 0.15) is 0 Å². The molecule has 19 heavy (non-hydrogen) atoms. The molecule has 0 bridgehead atoms. The highest BCUT2D eigenvalue weighted by Crippen LogP contribution is 2.25. The number of carbonyl (C=O) groups is 1. The molecule has 2 saturated heterocycles. The average molecular weight is 290 g/mol. The van der Waals surface area contributed by atoms with Gasteiger partial charge in [-0.3, -0.25) is 4.79 Å². The van der Waals surface area contributed by atoms with Gasteiger partial charge in [0.2, 0.25) is 0 Å². The van der Waals surface area contributed by atoms with Crippen LogP contribution in [0.1, 0.15) is 32.6 Å². The molecule has 0 saturated carbocycles. The molecule has 0 aromatic rings. The van der Waals surface area contributed by atoms with E-state index in [1.54, 1.807) is 0 Å². The Labute approximate surface area is 114 Å². The Balaban J connectivity index is 2.04. The fourth-order valence-electron chi connectivity index (χ4n) is 2.73. The largest absolute Gasteiger partial charge is 0.481 e. The summed E-state index contributed by atoms with van der Waals surface area (Å²) in [6.45, 7) is 3.79. The summed E-state index contributed by atoms with van der Waals surface area (Å²) in [5, 5.41) is 9.03. The van der Waals surface area contributed by atoms with Crippen LogP contribution in [-0.2, 0) is 15.0 Å². The van der Waals surface area contributed by atoms with Crippen molar-refractivity contribution in [3.05, 3.63) is 0 Å². The van der Waals surface area contributed by atoms with Crippen LogP contribution in [0.25, 0.3) is 0 Å². The number of hydrogen-bond donors (Lipinski definition) is 1. The highest BCUT2D eigenvalue weighted by Gasteiger charge is 2.36. The van der Waals surface area contributed by atoms with Crippen LogP contribution < -0.4 is 0 Å². The van der Waals surface area contributed by atoms with E-state index in [0.717, 1.165) is 12.8 Å². The van der Waals surface area contributed by atoms with Gasteiger partial charge in [0.15, 0.2) is 0 Å². The molecule has 0 aromatic carbocycles. The summed E-state index contributed by atoms with van der Waals surface area (Å²) < 4.78 is 27.8. The molecule has 0 amide bonds. The number of rotatable bonds is 3. The lowest BCUT2D eigenvalue weighted by Crippen LogP contribution is -2.51. The maximum absolute atomic E-state index is 12.5. The normalized spacial score (nSPS) is 28.4. The van der Waals surface area contributed by atoms with E-state index < -0.39 is 22.1 Å². The van der Waals surface area contributed by atoms with Gasteiger partial charge in [-0.15, -0.1) is 0 Å². The summed E-state index contributed by atoms with van der Waals surface area (Å²) in [5.41, 5.74) is 0. The van der Waals surface area contributed by atoms with Crippen LogP contribution >= 0.6 is 0 Å². The monoisotopic (exact) mass is 290 g/mol. The van der Waals surface area contributed by atoms with Crippen molar-refractivity contribution in [2.75, 3.05) is 26.2 Å². The first kappa shape index (κ1) is 14.7. The third-order valence-corrected chi connectivity index (χ3v) is 6.13. The Bertz CT molecular complexity index is 429. The molecular weight excluding hydrogens is 268 g/mol. The molecule has 2 heterocycles. The van der Waals surface area contributed by atoms with Crippen molar-refractivity contribution >= 4 is 16.2 Å². The topological polar surface area (TPSA) is 77.9 Å². The predicted molar refractivity (Wildman–Crippen MR) is 70.8 cm³/mol. The highest BCUT2D eigenvalue weighted by atomic mass is 32.2. The van der Waals surface area contributed by atoms with Gasteiger partial charge in [0, 0.05) is 26.2 Å². The zero-order valence-corrected chi connectivity index (χ0v) is 12.1. The van der Waals surface area contributed by atoms with E-state index in [1.165, 1.54) is 8.61 Å². The highest BCUT2D eigenvalue weighted by molar-refractivity contribution is 7.86. The van der Waals surface area contributed by atoms with Crippen molar-refractivity contribution in [1.29, 1.82) is 0 Å². The van der Waals surface area contributed by atoms with Crippen LogP contribution in [0.15, 0.2) is 0 Å². The van der Waals surface area contributed by atoms with Gasteiger partial charge in [-0.1, -0.05) is 6.92 Å². The third-order valence-electron chi connectivity index (χ3n) is 4.13. The molecule has 0 unspecified atom stereocenters. The zero-order chi connectivity index (χ0) is 14.0. The number of aliphatic carboxylic acids is 1. The van der Waals surface area contributed by atoms with E-state index >= 15 is 0 Å². The van der Waals surface area contributed by atoms with E-state index in [4.69, 9.17) is 5.11 Å². The molecule has 0 aromatic heterocycles. The van der Waals surface area contributed by atoms with E-state index in [2.05, 4.69) is 6.92 Å². The smallest absolute Gasteiger partial charge is 0.307 e. The second-order valence-corrected chi connectivity index (χ2v) is 7.55. The minimum atomic E-state index is -3.47. The van der Waals surface area contributed by atoms with Crippen LogP contribution in [0.4, 0.5) is 0 Å². The lowest BCUT2D eigenvalue weighted by molar-refractivity contribution is -0.142. The lowest BCUT2D eigenvalue weighted by Gasteiger charge is -2.36. The Morgan fingerprint density at radius 1 is 1.11 bits per heavy atom. The van der Waals surface area contributed by atoms with Crippen LogP contribution in [0, 0.1) is 11.8 Å². The van der Waals surface area contributed by atoms with Crippen molar-refractivity contribution < 1.29 is 18.3 Å². The van der Waals surface area contributed by atoms with Gasteiger partial charge in [0.05, 0.1) is 5.92 Å². The minimum Gasteiger partial charge on any atom is -0.481 e. The quantitative estimate of drug-likeness (QED) is 0.832. The van der Waals surface area contributed by atoms with Crippen molar-refractivity contribution in [3.8, 4) is 0 Å². The molecule has 6 nitrogen and oxygen atoms in total.